The normalized spacial score (nSPS) is 22.9. The molecule has 0 aliphatic carbocycles. The standard InChI is InChI=1S/C27H30N4O4/c1-34-19-8-6-18(7-9-19)26-25-21(20-4-2-3-5-22(20)28-25)16-23-27(33)30(17-24(32)31(23)26)11-10-29-12-14-35-15-13-29/h2-9,23,26,28H,10-17H2,1H3/t23-,26-/m1/s1. The first-order valence-electron chi connectivity index (χ1n) is 12.3. The summed E-state index contributed by atoms with van der Waals surface area (Å²) < 4.78 is 10.8. The fourth-order valence-electron chi connectivity index (χ4n) is 5.73. The third-order valence-electron chi connectivity index (χ3n) is 7.56. The zero-order chi connectivity index (χ0) is 23.9. The number of H-pyrrole nitrogens is 1. The first-order chi connectivity index (χ1) is 17.1. The second-order valence-corrected chi connectivity index (χ2v) is 9.47. The summed E-state index contributed by atoms with van der Waals surface area (Å²) in [5, 5.41) is 1.12. The highest BCUT2D eigenvalue weighted by molar-refractivity contribution is 5.97. The van der Waals surface area contributed by atoms with E-state index in [-0.39, 0.29) is 24.4 Å². The fraction of sp³-hybridized carbons (Fsp3) is 0.407. The van der Waals surface area contributed by atoms with Gasteiger partial charge in [-0.15, -0.1) is 0 Å². The van der Waals surface area contributed by atoms with Gasteiger partial charge in [0.25, 0.3) is 0 Å². The van der Waals surface area contributed by atoms with Crippen molar-refractivity contribution in [2.24, 2.45) is 0 Å². The molecule has 0 spiro atoms. The summed E-state index contributed by atoms with van der Waals surface area (Å²) in [5.74, 6) is 0.780. The van der Waals surface area contributed by atoms with Gasteiger partial charge >= 0.3 is 0 Å². The number of benzene rings is 2. The van der Waals surface area contributed by atoms with Gasteiger partial charge in [0, 0.05) is 49.2 Å². The van der Waals surface area contributed by atoms with E-state index in [4.69, 9.17) is 9.47 Å². The number of piperazine rings is 1. The third-order valence-corrected chi connectivity index (χ3v) is 7.56. The molecule has 2 amide bonds. The van der Waals surface area contributed by atoms with E-state index >= 15 is 0 Å². The van der Waals surface area contributed by atoms with E-state index in [0.717, 1.165) is 66.3 Å². The summed E-state index contributed by atoms with van der Waals surface area (Å²) in [6.45, 7) is 4.60. The highest BCUT2D eigenvalue weighted by Crippen LogP contribution is 2.42. The van der Waals surface area contributed by atoms with Gasteiger partial charge in [0.05, 0.1) is 32.9 Å². The molecule has 2 saturated heterocycles. The Balaban J connectivity index is 1.36. The number of nitrogens with zero attached hydrogens (tertiary/aromatic N) is 3. The van der Waals surface area contributed by atoms with Crippen LogP contribution < -0.4 is 4.74 Å². The number of carbonyl (C=O) groups excluding carboxylic acids is 2. The SMILES string of the molecule is COc1ccc([C@@H]2c3[nH]c4ccccc4c3C[C@@H]3C(=O)N(CCN4CCOCC4)CC(=O)N23)cc1. The van der Waals surface area contributed by atoms with Crippen LogP contribution >= 0.6 is 0 Å². The lowest BCUT2D eigenvalue weighted by Crippen LogP contribution is -2.63. The number of aromatic amines is 1. The number of fused-ring (bicyclic) bond motifs is 4. The molecular formula is C27H30N4O4. The first-order valence-corrected chi connectivity index (χ1v) is 12.3. The number of rotatable bonds is 5. The molecule has 1 aromatic heterocycles. The maximum atomic E-state index is 13.8. The third kappa shape index (κ3) is 3.86. The van der Waals surface area contributed by atoms with Crippen LogP contribution in [0.4, 0.5) is 0 Å². The second kappa shape index (κ2) is 9.02. The van der Waals surface area contributed by atoms with E-state index < -0.39 is 6.04 Å². The Hall–Kier alpha value is -3.36. The van der Waals surface area contributed by atoms with Crippen molar-refractivity contribution < 1.29 is 19.1 Å². The highest BCUT2D eigenvalue weighted by atomic mass is 16.5. The Kier molecular flexibility index (Phi) is 5.70. The van der Waals surface area contributed by atoms with Gasteiger partial charge in [-0.3, -0.25) is 14.5 Å². The van der Waals surface area contributed by atoms with E-state index in [1.807, 2.05) is 41.3 Å². The minimum atomic E-state index is -0.514. The maximum absolute atomic E-state index is 13.8. The Labute approximate surface area is 204 Å². The molecule has 8 heteroatoms. The van der Waals surface area contributed by atoms with Gasteiger partial charge in [0.15, 0.2) is 0 Å². The molecule has 182 valence electrons. The molecule has 3 aromatic rings. The molecule has 0 bridgehead atoms. The van der Waals surface area contributed by atoms with Gasteiger partial charge in [-0.2, -0.15) is 0 Å². The quantitative estimate of drug-likeness (QED) is 0.614. The molecule has 4 heterocycles. The summed E-state index contributed by atoms with van der Waals surface area (Å²) >= 11 is 0. The van der Waals surface area contributed by atoms with Crippen molar-refractivity contribution in [2.45, 2.75) is 18.5 Å². The van der Waals surface area contributed by atoms with Crippen LogP contribution in [0.1, 0.15) is 22.9 Å². The van der Waals surface area contributed by atoms with Crippen molar-refractivity contribution in [1.29, 1.82) is 0 Å². The van der Waals surface area contributed by atoms with Gasteiger partial charge in [-0.25, -0.2) is 0 Å². The summed E-state index contributed by atoms with van der Waals surface area (Å²) in [4.78, 5) is 36.8. The van der Waals surface area contributed by atoms with Gasteiger partial charge < -0.3 is 24.3 Å². The Bertz CT molecular complexity index is 1250. The average molecular weight is 475 g/mol. The summed E-state index contributed by atoms with van der Waals surface area (Å²) in [5.41, 5.74) is 4.11. The molecule has 3 aliphatic rings. The van der Waals surface area contributed by atoms with E-state index in [9.17, 15) is 9.59 Å². The van der Waals surface area contributed by atoms with Crippen molar-refractivity contribution in [2.75, 3.05) is 53.0 Å². The van der Waals surface area contributed by atoms with Crippen molar-refractivity contribution in [3.05, 3.63) is 65.4 Å². The minimum absolute atomic E-state index is 0.0123. The lowest BCUT2D eigenvalue weighted by molar-refractivity contribution is -0.158. The minimum Gasteiger partial charge on any atom is -0.497 e. The number of ether oxygens (including phenoxy) is 2. The van der Waals surface area contributed by atoms with Gasteiger partial charge in [-0.1, -0.05) is 30.3 Å². The molecule has 3 aliphatic heterocycles. The van der Waals surface area contributed by atoms with Crippen molar-refractivity contribution in [3.8, 4) is 5.75 Å². The molecule has 0 unspecified atom stereocenters. The molecule has 6 rings (SSSR count). The molecule has 2 fully saturated rings. The average Bonchev–Trinajstić information content (AvgIpc) is 3.28. The van der Waals surface area contributed by atoms with Crippen molar-refractivity contribution >= 4 is 22.7 Å². The number of hydrogen-bond acceptors (Lipinski definition) is 5. The highest BCUT2D eigenvalue weighted by Gasteiger charge is 2.48. The number of para-hydroxylation sites is 1. The predicted molar refractivity (Wildman–Crippen MR) is 131 cm³/mol. The van der Waals surface area contributed by atoms with E-state index in [1.54, 1.807) is 12.0 Å². The van der Waals surface area contributed by atoms with Crippen LogP contribution in [0.5, 0.6) is 5.75 Å². The summed E-state index contributed by atoms with van der Waals surface area (Å²) in [6, 6.07) is 15.1. The smallest absolute Gasteiger partial charge is 0.246 e. The Morgan fingerprint density at radius 3 is 2.57 bits per heavy atom. The number of aromatic nitrogens is 1. The number of amides is 2. The lowest BCUT2D eigenvalue weighted by atomic mass is 9.86. The van der Waals surface area contributed by atoms with Crippen LogP contribution in [0.3, 0.4) is 0 Å². The van der Waals surface area contributed by atoms with Crippen molar-refractivity contribution in [1.82, 2.24) is 19.7 Å². The number of hydrogen-bond donors (Lipinski definition) is 1. The van der Waals surface area contributed by atoms with Crippen LogP contribution in [0.15, 0.2) is 48.5 Å². The Morgan fingerprint density at radius 2 is 1.80 bits per heavy atom. The number of nitrogens with one attached hydrogen (secondary N) is 1. The zero-order valence-electron chi connectivity index (χ0n) is 19.9. The van der Waals surface area contributed by atoms with E-state index in [2.05, 4.69) is 22.0 Å². The zero-order valence-corrected chi connectivity index (χ0v) is 19.9. The van der Waals surface area contributed by atoms with Crippen molar-refractivity contribution in [3.63, 3.8) is 0 Å². The molecule has 0 radical (unpaired) electrons. The topological polar surface area (TPSA) is 78.1 Å². The maximum Gasteiger partial charge on any atom is 0.246 e. The number of methoxy groups -OCH3 is 1. The van der Waals surface area contributed by atoms with Gasteiger partial charge in [0.1, 0.15) is 11.8 Å². The molecule has 1 N–H and O–H groups in total. The first kappa shape index (κ1) is 22.1. The summed E-state index contributed by atoms with van der Waals surface area (Å²) in [6.07, 6.45) is 0.518. The molecule has 2 atom stereocenters. The van der Waals surface area contributed by atoms with E-state index in [1.165, 1.54) is 0 Å². The number of morpholine rings is 1. The van der Waals surface area contributed by atoms with Crippen LogP contribution in [0, 0.1) is 0 Å². The predicted octanol–water partition coefficient (Wildman–Crippen LogP) is 2.19. The van der Waals surface area contributed by atoms with Crippen LogP contribution in [-0.4, -0.2) is 90.6 Å². The Morgan fingerprint density at radius 1 is 1.03 bits per heavy atom. The van der Waals surface area contributed by atoms with Gasteiger partial charge in [0.2, 0.25) is 11.8 Å². The van der Waals surface area contributed by atoms with Crippen LogP contribution in [0.2, 0.25) is 0 Å². The van der Waals surface area contributed by atoms with E-state index in [0.29, 0.717) is 13.0 Å². The molecular weight excluding hydrogens is 444 g/mol. The fourth-order valence-corrected chi connectivity index (χ4v) is 5.73. The second-order valence-electron chi connectivity index (χ2n) is 9.47. The molecule has 8 nitrogen and oxygen atoms in total. The molecule has 35 heavy (non-hydrogen) atoms. The summed E-state index contributed by atoms with van der Waals surface area (Å²) in [7, 11) is 1.64. The van der Waals surface area contributed by atoms with Gasteiger partial charge in [-0.05, 0) is 29.3 Å². The molecule has 0 saturated carbocycles. The van der Waals surface area contributed by atoms with Crippen LogP contribution in [0.25, 0.3) is 10.9 Å². The van der Waals surface area contributed by atoms with Crippen LogP contribution in [-0.2, 0) is 20.7 Å². The number of carbonyl (C=O) groups is 2. The largest absolute Gasteiger partial charge is 0.497 e. The molecule has 2 aromatic carbocycles. The lowest BCUT2D eigenvalue weighted by Gasteiger charge is -2.47. The monoisotopic (exact) mass is 474 g/mol.